The van der Waals surface area contributed by atoms with E-state index in [0.29, 0.717) is 12.3 Å². The molecule has 1 aliphatic rings. The van der Waals surface area contributed by atoms with Gasteiger partial charge in [0.2, 0.25) is 5.91 Å². The molecule has 15 heavy (non-hydrogen) atoms. The maximum absolute atomic E-state index is 11.6. The molecule has 0 unspecified atom stereocenters. The highest BCUT2D eigenvalue weighted by molar-refractivity contribution is 5.76. The van der Waals surface area contributed by atoms with Crippen molar-refractivity contribution in [2.75, 3.05) is 19.7 Å². The summed E-state index contributed by atoms with van der Waals surface area (Å²) in [6.07, 6.45) is 3.57. The van der Waals surface area contributed by atoms with Crippen LogP contribution in [0.15, 0.2) is 0 Å². The molecule has 4 heteroatoms. The Labute approximate surface area is 91.4 Å². The van der Waals surface area contributed by atoms with Crippen molar-refractivity contribution in [3.05, 3.63) is 0 Å². The smallest absolute Gasteiger partial charge is 0.220 e. The highest BCUT2D eigenvalue weighted by Gasteiger charge is 2.17. The lowest BCUT2D eigenvalue weighted by Crippen LogP contribution is -2.39. The van der Waals surface area contributed by atoms with E-state index in [-0.39, 0.29) is 18.6 Å². The molecule has 1 saturated heterocycles. The van der Waals surface area contributed by atoms with Crippen molar-refractivity contribution in [2.45, 2.75) is 38.6 Å². The van der Waals surface area contributed by atoms with Crippen LogP contribution in [0.5, 0.6) is 0 Å². The molecule has 1 fully saturated rings. The fourth-order valence-corrected chi connectivity index (χ4v) is 1.91. The van der Waals surface area contributed by atoms with E-state index in [0.717, 1.165) is 32.4 Å². The van der Waals surface area contributed by atoms with Crippen molar-refractivity contribution < 1.29 is 9.90 Å². The zero-order valence-electron chi connectivity index (χ0n) is 9.46. The third-order valence-electron chi connectivity index (χ3n) is 3.01. The van der Waals surface area contributed by atoms with Gasteiger partial charge in [-0.1, -0.05) is 6.92 Å². The van der Waals surface area contributed by atoms with Crippen LogP contribution in [-0.2, 0) is 4.79 Å². The van der Waals surface area contributed by atoms with Crippen LogP contribution in [0.1, 0.15) is 32.6 Å². The summed E-state index contributed by atoms with van der Waals surface area (Å²) in [7, 11) is 0. The lowest BCUT2D eigenvalue weighted by atomic mass is 9.94. The van der Waals surface area contributed by atoms with E-state index in [2.05, 4.69) is 10.6 Å². The van der Waals surface area contributed by atoms with Gasteiger partial charge in [0.25, 0.3) is 0 Å². The fourth-order valence-electron chi connectivity index (χ4n) is 1.91. The number of rotatable bonds is 5. The van der Waals surface area contributed by atoms with E-state index in [4.69, 9.17) is 5.11 Å². The average Bonchev–Trinajstić information content (AvgIpc) is 2.27. The predicted molar refractivity (Wildman–Crippen MR) is 59.5 cm³/mol. The summed E-state index contributed by atoms with van der Waals surface area (Å²) in [5.74, 6) is 0.602. The topological polar surface area (TPSA) is 61.4 Å². The van der Waals surface area contributed by atoms with Crippen LogP contribution in [0.3, 0.4) is 0 Å². The van der Waals surface area contributed by atoms with Gasteiger partial charge in [0, 0.05) is 6.42 Å². The molecule has 1 heterocycles. The van der Waals surface area contributed by atoms with Crippen molar-refractivity contribution >= 4 is 5.91 Å². The van der Waals surface area contributed by atoms with Gasteiger partial charge in [-0.15, -0.1) is 0 Å². The summed E-state index contributed by atoms with van der Waals surface area (Å²) in [5, 5.41) is 15.1. The number of carbonyl (C=O) groups is 1. The molecule has 1 rings (SSSR count). The summed E-state index contributed by atoms with van der Waals surface area (Å²) in [6.45, 7) is 4.05. The number of aliphatic hydroxyl groups excluding tert-OH is 1. The SMILES string of the molecule is CC[C@H](CO)NC(=O)CC1CCNCC1. The van der Waals surface area contributed by atoms with Crippen LogP contribution in [0, 0.1) is 5.92 Å². The minimum absolute atomic E-state index is 0.0362. The molecule has 0 aromatic carbocycles. The quantitative estimate of drug-likeness (QED) is 0.615. The molecule has 0 radical (unpaired) electrons. The number of carbonyl (C=O) groups excluding carboxylic acids is 1. The minimum Gasteiger partial charge on any atom is -0.394 e. The maximum Gasteiger partial charge on any atom is 0.220 e. The molecular formula is C11H22N2O2. The molecule has 1 aliphatic heterocycles. The van der Waals surface area contributed by atoms with E-state index in [1.54, 1.807) is 0 Å². The average molecular weight is 214 g/mol. The van der Waals surface area contributed by atoms with E-state index in [1.165, 1.54) is 0 Å². The van der Waals surface area contributed by atoms with Gasteiger partial charge in [0.05, 0.1) is 12.6 Å². The first-order valence-electron chi connectivity index (χ1n) is 5.87. The third-order valence-corrected chi connectivity index (χ3v) is 3.01. The second-order valence-electron chi connectivity index (χ2n) is 4.25. The standard InChI is InChI=1S/C11H22N2O2/c1-2-10(8-14)13-11(15)7-9-3-5-12-6-4-9/h9-10,12,14H,2-8H2,1H3,(H,13,15)/t10-/m1/s1. The van der Waals surface area contributed by atoms with Gasteiger partial charge in [-0.25, -0.2) is 0 Å². The Morgan fingerprint density at radius 3 is 2.73 bits per heavy atom. The second kappa shape index (κ2) is 6.80. The fraction of sp³-hybridized carbons (Fsp3) is 0.909. The lowest BCUT2D eigenvalue weighted by molar-refractivity contribution is -0.123. The van der Waals surface area contributed by atoms with Gasteiger partial charge >= 0.3 is 0 Å². The molecule has 4 nitrogen and oxygen atoms in total. The van der Waals surface area contributed by atoms with Gasteiger partial charge in [0.15, 0.2) is 0 Å². The van der Waals surface area contributed by atoms with Gasteiger partial charge in [-0.2, -0.15) is 0 Å². The molecule has 1 amide bonds. The molecule has 0 saturated carbocycles. The molecule has 0 aliphatic carbocycles. The van der Waals surface area contributed by atoms with Crippen LogP contribution in [0.4, 0.5) is 0 Å². The summed E-state index contributed by atoms with van der Waals surface area (Å²) < 4.78 is 0. The summed E-state index contributed by atoms with van der Waals surface area (Å²) in [6, 6.07) is -0.0702. The summed E-state index contributed by atoms with van der Waals surface area (Å²) in [5.41, 5.74) is 0. The van der Waals surface area contributed by atoms with E-state index in [1.807, 2.05) is 6.92 Å². The Morgan fingerprint density at radius 2 is 2.20 bits per heavy atom. The number of hydrogen-bond donors (Lipinski definition) is 3. The molecule has 0 aromatic rings. The molecule has 3 N–H and O–H groups in total. The van der Waals surface area contributed by atoms with Crippen LogP contribution < -0.4 is 10.6 Å². The normalized spacial score (nSPS) is 19.9. The Balaban J connectivity index is 2.21. The van der Waals surface area contributed by atoms with Crippen molar-refractivity contribution in [3.8, 4) is 0 Å². The predicted octanol–water partition coefficient (Wildman–Crippen LogP) is 0.263. The summed E-state index contributed by atoms with van der Waals surface area (Å²) in [4.78, 5) is 11.6. The van der Waals surface area contributed by atoms with Crippen LogP contribution in [0.25, 0.3) is 0 Å². The van der Waals surface area contributed by atoms with Crippen LogP contribution in [-0.4, -0.2) is 36.8 Å². The zero-order chi connectivity index (χ0) is 11.1. The number of hydrogen-bond acceptors (Lipinski definition) is 3. The third kappa shape index (κ3) is 4.62. The van der Waals surface area contributed by atoms with Crippen molar-refractivity contribution in [3.63, 3.8) is 0 Å². The first kappa shape index (κ1) is 12.5. The van der Waals surface area contributed by atoms with Crippen molar-refractivity contribution in [1.29, 1.82) is 0 Å². The van der Waals surface area contributed by atoms with Crippen LogP contribution in [0.2, 0.25) is 0 Å². The van der Waals surface area contributed by atoms with Gasteiger partial charge < -0.3 is 15.7 Å². The lowest BCUT2D eigenvalue weighted by Gasteiger charge is -2.23. The maximum atomic E-state index is 11.6. The van der Waals surface area contributed by atoms with Crippen LogP contribution >= 0.6 is 0 Å². The largest absolute Gasteiger partial charge is 0.394 e. The monoisotopic (exact) mass is 214 g/mol. The molecule has 0 spiro atoms. The Hall–Kier alpha value is -0.610. The van der Waals surface area contributed by atoms with Crippen molar-refractivity contribution in [1.82, 2.24) is 10.6 Å². The first-order chi connectivity index (χ1) is 7.26. The molecule has 1 atom stereocenters. The Bertz CT molecular complexity index is 187. The van der Waals surface area contributed by atoms with Crippen molar-refractivity contribution in [2.24, 2.45) is 5.92 Å². The number of nitrogens with one attached hydrogen (secondary N) is 2. The van der Waals surface area contributed by atoms with Gasteiger partial charge in [-0.05, 0) is 38.3 Å². The van der Waals surface area contributed by atoms with E-state index < -0.39 is 0 Å². The second-order valence-corrected chi connectivity index (χ2v) is 4.25. The van der Waals surface area contributed by atoms with E-state index in [9.17, 15) is 4.79 Å². The Kier molecular flexibility index (Phi) is 5.65. The summed E-state index contributed by atoms with van der Waals surface area (Å²) >= 11 is 0. The zero-order valence-corrected chi connectivity index (χ0v) is 9.46. The molecule has 0 bridgehead atoms. The highest BCUT2D eigenvalue weighted by Crippen LogP contribution is 2.15. The number of aliphatic hydroxyl groups is 1. The molecular weight excluding hydrogens is 192 g/mol. The molecule has 88 valence electrons. The Morgan fingerprint density at radius 1 is 1.53 bits per heavy atom. The van der Waals surface area contributed by atoms with E-state index >= 15 is 0 Å². The number of amides is 1. The number of piperidine rings is 1. The molecule has 0 aromatic heterocycles. The van der Waals surface area contributed by atoms with Gasteiger partial charge in [-0.3, -0.25) is 4.79 Å². The van der Waals surface area contributed by atoms with Gasteiger partial charge in [0.1, 0.15) is 0 Å². The first-order valence-corrected chi connectivity index (χ1v) is 5.87. The minimum atomic E-state index is -0.0702. The highest BCUT2D eigenvalue weighted by atomic mass is 16.3.